The number of nitrogens with zero attached hydrogens (tertiary/aromatic N) is 1. The van der Waals surface area contributed by atoms with Crippen LogP contribution in [0.25, 0.3) is 0 Å². The number of aromatic nitrogens is 1. The van der Waals surface area contributed by atoms with Gasteiger partial charge >= 0.3 is 0 Å². The summed E-state index contributed by atoms with van der Waals surface area (Å²) in [7, 11) is 0. The average molecular weight is 292 g/mol. The average Bonchev–Trinajstić information content (AvgIpc) is 2.78. The molecule has 1 aromatic heterocycles. The Hall–Kier alpha value is -0.590. The quantitative estimate of drug-likeness (QED) is 0.673. The van der Waals surface area contributed by atoms with Crippen LogP contribution < -0.4 is 5.32 Å². The van der Waals surface area contributed by atoms with Crippen LogP contribution in [-0.4, -0.2) is 37.2 Å². The highest BCUT2D eigenvalue weighted by Gasteiger charge is 2.05. The van der Waals surface area contributed by atoms with Crippen molar-refractivity contribution in [3.05, 3.63) is 16.1 Å². The standard InChI is InChI=1S/C13H22F2N2OS/c1-10(2)16-6-3-4-11-9-19-13(17-11)5-7-18-8-12(14)15/h9-10,12,16H,3-8H2,1-2H3. The molecule has 0 fully saturated rings. The molecule has 0 saturated carbocycles. The van der Waals surface area contributed by atoms with Gasteiger partial charge in [0.2, 0.25) is 0 Å². The van der Waals surface area contributed by atoms with Gasteiger partial charge in [-0.15, -0.1) is 11.3 Å². The summed E-state index contributed by atoms with van der Waals surface area (Å²) < 4.78 is 28.5. The first-order valence-electron chi connectivity index (χ1n) is 6.60. The van der Waals surface area contributed by atoms with Crippen LogP contribution in [0.15, 0.2) is 5.38 Å². The summed E-state index contributed by atoms with van der Waals surface area (Å²) in [6.07, 6.45) is 0.235. The largest absolute Gasteiger partial charge is 0.375 e. The predicted molar refractivity (Wildman–Crippen MR) is 74.1 cm³/mol. The molecule has 0 unspecified atom stereocenters. The van der Waals surface area contributed by atoms with Gasteiger partial charge in [0, 0.05) is 17.8 Å². The van der Waals surface area contributed by atoms with Crippen LogP contribution in [0.5, 0.6) is 0 Å². The van der Waals surface area contributed by atoms with Crippen molar-refractivity contribution in [3.63, 3.8) is 0 Å². The highest BCUT2D eigenvalue weighted by atomic mass is 32.1. The van der Waals surface area contributed by atoms with Gasteiger partial charge in [0.05, 0.1) is 17.3 Å². The van der Waals surface area contributed by atoms with Crippen LogP contribution in [0.3, 0.4) is 0 Å². The Morgan fingerprint density at radius 1 is 1.37 bits per heavy atom. The van der Waals surface area contributed by atoms with Gasteiger partial charge in [-0.05, 0) is 19.4 Å². The molecule has 1 heterocycles. The minimum atomic E-state index is -2.39. The number of halogens is 2. The maximum atomic E-state index is 11.9. The van der Waals surface area contributed by atoms with Crippen LogP contribution in [0.2, 0.25) is 0 Å². The second kappa shape index (κ2) is 9.34. The normalized spacial score (nSPS) is 11.7. The summed E-state index contributed by atoms with van der Waals surface area (Å²) in [6, 6.07) is 0.512. The zero-order valence-electron chi connectivity index (χ0n) is 11.5. The SMILES string of the molecule is CC(C)NCCCc1csc(CCOCC(F)F)n1. The Labute approximate surface area is 117 Å². The molecule has 1 rings (SSSR count). The molecule has 3 nitrogen and oxygen atoms in total. The Balaban J connectivity index is 2.14. The van der Waals surface area contributed by atoms with Crippen molar-refractivity contribution in [1.82, 2.24) is 10.3 Å². The third-order valence-corrected chi connectivity index (χ3v) is 3.42. The van der Waals surface area contributed by atoms with Gasteiger partial charge in [-0.1, -0.05) is 13.8 Å². The van der Waals surface area contributed by atoms with Crippen LogP contribution in [0.4, 0.5) is 8.78 Å². The van der Waals surface area contributed by atoms with Gasteiger partial charge < -0.3 is 10.1 Å². The predicted octanol–water partition coefficient (Wildman–Crippen LogP) is 2.90. The molecule has 0 radical (unpaired) electrons. The lowest BCUT2D eigenvalue weighted by Gasteiger charge is -2.06. The van der Waals surface area contributed by atoms with E-state index >= 15 is 0 Å². The third-order valence-electron chi connectivity index (χ3n) is 2.47. The fraction of sp³-hybridized carbons (Fsp3) is 0.769. The summed E-state index contributed by atoms with van der Waals surface area (Å²) in [5, 5.41) is 6.36. The molecule has 19 heavy (non-hydrogen) atoms. The Morgan fingerprint density at radius 2 is 2.16 bits per heavy atom. The lowest BCUT2D eigenvalue weighted by Crippen LogP contribution is -2.23. The topological polar surface area (TPSA) is 34.1 Å². The van der Waals surface area contributed by atoms with Crippen molar-refractivity contribution in [2.45, 2.75) is 45.6 Å². The van der Waals surface area contributed by atoms with Gasteiger partial charge in [-0.3, -0.25) is 0 Å². The monoisotopic (exact) mass is 292 g/mol. The maximum Gasteiger partial charge on any atom is 0.261 e. The van der Waals surface area contributed by atoms with Crippen molar-refractivity contribution in [2.75, 3.05) is 19.8 Å². The van der Waals surface area contributed by atoms with E-state index < -0.39 is 13.0 Å². The first kappa shape index (κ1) is 16.5. The number of ether oxygens (including phenoxy) is 1. The molecular formula is C13H22F2N2OS. The number of alkyl halides is 2. The molecule has 0 bridgehead atoms. The molecule has 0 spiro atoms. The molecule has 0 saturated heterocycles. The highest BCUT2D eigenvalue weighted by Crippen LogP contribution is 2.12. The van der Waals surface area contributed by atoms with Crippen LogP contribution in [-0.2, 0) is 17.6 Å². The molecule has 110 valence electrons. The van der Waals surface area contributed by atoms with Crippen LogP contribution in [0, 0.1) is 0 Å². The van der Waals surface area contributed by atoms with Crippen LogP contribution in [0.1, 0.15) is 31.0 Å². The van der Waals surface area contributed by atoms with Crippen molar-refractivity contribution in [2.24, 2.45) is 0 Å². The zero-order chi connectivity index (χ0) is 14.1. The van der Waals surface area contributed by atoms with Gasteiger partial charge in [0.25, 0.3) is 6.43 Å². The number of rotatable bonds is 10. The van der Waals surface area contributed by atoms with E-state index in [1.807, 2.05) is 5.38 Å². The fourth-order valence-electron chi connectivity index (χ4n) is 1.57. The molecule has 0 atom stereocenters. The first-order chi connectivity index (χ1) is 9.08. The van der Waals surface area contributed by atoms with E-state index in [0.717, 1.165) is 30.1 Å². The molecule has 0 amide bonds. The molecule has 0 aromatic carbocycles. The molecule has 0 aliphatic heterocycles. The summed E-state index contributed by atoms with van der Waals surface area (Å²) >= 11 is 1.57. The summed E-state index contributed by atoms with van der Waals surface area (Å²) in [5.74, 6) is 0. The molecule has 1 N–H and O–H groups in total. The Bertz CT molecular complexity index is 315. The summed E-state index contributed by atoms with van der Waals surface area (Å²) in [4.78, 5) is 4.47. The number of aryl methyl sites for hydroxylation is 1. The fourth-order valence-corrected chi connectivity index (χ4v) is 2.38. The summed E-state index contributed by atoms with van der Waals surface area (Å²) in [6.45, 7) is 5.06. The van der Waals surface area contributed by atoms with E-state index in [9.17, 15) is 8.78 Å². The molecule has 6 heteroatoms. The van der Waals surface area contributed by atoms with Crippen LogP contribution >= 0.6 is 11.3 Å². The number of nitrogens with one attached hydrogen (secondary N) is 1. The molecular weight excluding hydrogens is 270 g/mol. The summed E-state index contributed by atoms with van der Waals surface area (Å²) in [5.41, 5.74) is 1.08. The van der Waals surface area contributed by atoms with E-state index in [-0.39, 0.29) is 0 Å². The number of hydrogen-bond acceptors (Lipinski definition) is 4. The van der Waals surface area contributed by atoms with Crippen molar-refractivity contribution < 1.29 is 13.5 Å². The number of hydrogen-bond donors (Lipinski definition) is 1. The Kier molecular flexibility index (Phi) is 8.09. The van der Waals surface area contributed by atoms with Crippen molar-refractivity contribution in [1.29, 1.82) is 0 Å². The molecule has 1 aromatic rings. The Morgan fingerprint density at radius 3 is 2.84 bits per heavy atom. The zero-order valence-corrected chi connectivity index (χ0v) is 12.3. The lowest BCUT2D eigenvalue weighted by molar-refractivity contribution is 0.0187. The first-order valence-corrected chi connectivity index (χ1v) is 7.48. The van der Waals surface area contributed by atoms with E-state index in [2.05, 4.69) is 24.1 Å². The van der Waals surface area contributed by atoms with Crippen molar-refractivity contribution in [3.8, 4) is 0 Å². The van der Waals surface area contributed by atoms with Gasteiger partial charge in [-0.2, -0.15) is 0 Å². The lowest BCUT2D eigenvalue weighted by atomic mass is 10.2. The highest BCUT2D eigenvalue weighted by molar-refractivity contribution is 7.09. The maximum absolute atomic E-state index is 11.9. The van der Waals surface area contributed by atoms with Crippen molar-refractivity contribution >= 4 is 11.3 Å². The molecule has 0 aliphatic rings. The minimum absolute atomic E-state index is 0.312. The van der Waals surface area contributed by atoms with Gasteiger partial charge in [-0.25, -0.2) is 13.8 Å². The van der Waals surface area contributed by atoms with E-state index in [0.29, 0.717) is 19.1 Å². The van der Waals surface area contributed by atoms with E-state index in [1.165, 1.54) is 0 Å². The number of thiazole rings is 1. The second-order valence-corrected chi connectivity index (χ2v) is 5.60. The van der Waals surface area contributed by atoms with Gasteiger partial charge in [0.15, 0.2) is 0 Å². The smallest absolute Gasteiger partial charge is 0.261 e. The van der Waals surface area contributed by atoms with E-state index in [4.69, 9.17) is 4.74 Å². The molecule has 0 aliphatic carbocycles. The second-order valence-electron chi connectivity index (χ2n) is 4.66. The van der Waals surface area contributed by atoms with E-state index in [1.54, 1.807) is 11.3 Å². The van der Waals surface area contributed by atoms with Gasteiger partial charge in [0.1, 0.15) is 6.61 Å². The third kappa shape index (κ3) is 8.23. The minimum Gasteiger partial charge on any atom is -0.375 e.